The third kappa shape index (κ3) is 42.9. The Morgan fingerprint density at radius 2 is 0.842 bits per heavy atom. The lowest BCUT2D eigenvalue weighted by Crippen LogP contribution is -1.97. The Balaban J connectivity index is 0. The Bertz CT molecular complexity index is 496. The van der Waals surface area contributed by atoms with Crippen molar-refractivity contribution in [2.45, 2.75) is 181 Å². The molecule has 0 saturated heterocycles. The van der Waals surface area contributed by atoms with Crippen molar-refractivity contribution in [1.82, 2.24) is 0 Å². The van der Waals surface area contributed by atoms with Crippen LogP contribution in [0.3, 0.4) is 0 Å². The zero-order valence-corrected chi connectivity index (χ0v) is 26.6. The highest BCUT2D eigenvalue weighted by molar-refractivity contribution is 7.46. The van der Waals surface area contributed by atoms with Gasteiger partial charge >= 0.3 is 7.82 Å². The molecule has 0 fully saturated rings. The number of hydrogen-bond acceptors (Lipinski definition) is 3. The molecule has 0 aliphatic heterocycles. The van der Waals surface area contributed by atoms with E-state index in [2.05, 4.69) is 30.5 Å². The van der Waals surface area contributed by atoms with Crippen LogP contribution in [0.5, 0.6) is 0 Å². The summed E-state index contributed by atoms with van der Waals surface area (Å²) in [5.41, 5.74) is 5.47. The van der Waals surface area contributed by atoms with Crippen molar-refractivity contribution in [2.24, 2.45) is 5.73 Å². The molecule has 0 radical (unpaired) electrons. The molecule has 0 amide bonds. The molecule has 0 spiro atoms. The SMILES string of the molecule is CCCCCCCC/C=C\CCCCCCCCN.CCCCCCCCCCCCCCOP(=O)(O)O. The molecule has 0 rings (SSSR count). The third-order valence-corrected chi connectivity index (χ3v) is 7.49. The van der Waals surface area contributed by atoms with Crippen molar-refractivity contribution in [3.05, 3.63) is 12.2 Å². The van der Waals surface area contributed by atoms with Gasteiger partial charge in [-0.05, 0) is 45.1 Å². The molecule has 0 unspecified atom stereocenters. The molecule has 230 valence electrons. The van der Waals surface area contributed by atoms with E-state index in [0.29, 0.717) is 0 Å². The monoisotopic (exact) mass is 561 g/mol. The number of phosphoric ester groups is 1. The van der Waals surface area contributed by atoms with Gasteiger partial charge in [0.1, 0.15) is 0 Å². The zero-order valence-electron chi connectivity index (χ0n) is 25.7. The lowest BCUT2D eigenvalue weighted by molar-refractivity contribution is 0.193. The standard InChI is InChI=1S/C18H37N.C14H31O4P/c1-2-3-4-5-6-7-8-9-10-11-12-13-14-15-16-17-18-19;1-2-3-4-5-6-7-8-9-10-11-12-13-14-18-19(15,16)17/h9-10H,2-8,11-19H2,1H3;2-14H2,1H3,(H2,15,16,17)/b10-9-;. The van der Waals surface area contributed by atoms with Gasteiger partial charge in [-0.2, -0.15) is 0 Å². The van der Waals surface area contributed by atoms with E-state index >= 15 is 0 Å². The van der Waals surface area contributed by atoms with Crippen molar-refractivity contribution in [3.8, 4) is 0 Å². The fourth-order valence-corrected chi connectivity index (χ4v) is 4.89. The van der Waals surface area contributed by atoms with Gasteiger partial charge in [0.2, 0.25) is 0 Å². The molecular weight excluding hydrogens is 493 g/mol. The quantitative estimate of drug-likeness (QED) is 0.0480. The number of hydrogen-bond donors (Lipinski definition) is 3. The Kier molecular flexibility index (Phi) is 36.6. The number of allylic oxidation sites excluding steroid dienone is 2. The molecule has 0 saturated carbocycles. The minimum absolute atomic E-state index is 0.168. The van der Waals surface area contributed by atoms with E-state index in [1.165, 1.54) is 148 Å². The van der Waals surface area contributed by atoms with Crippen LogP contribution >= 0.6 is 7.82 Å². The van der Waals surface area contributed by atoms with Gasteiger partial charge < -0.3 is 15.5 Å². The van der Waals surface area contributed by atoms with Crippen molar-refractivity contribution in [2.75, 3.05) is 13.2 Å². The Morgan fingerprint density at radius 1 is 0.526 bits per heavy atom. The van der Waals surface area contributed by atoms with Crippen LogP contribution < -0.4 is 5.73 Å². The van der Waals surface area contributed by atoms with Crippen LogP contribution in [-0.4, -0.2) is 22.9 Å². The van der Waals surface area contributed by atoms with Gasteiger partial charge in [-0.1, -0.05) is 154 Å². The zero-order chi connectivity index (χ0) is 28.4. The Hall–Kier alpha value is -0.190. The Morgan fingerprint density at radius 3 is 1.18 bits per heavy atom. The molecule has 5 nitrogen and oxygen atoms in total. The largest absolute Gasteiger partial charge is 0.469 e. The second-order valence-corrected chi connectivity index (χ2v) is 12.2. The highest BCUT2D eigenvalue weighted by atomic mass is 31.2. The maximum Gasteiger partial charge on any atom is 0.469 e. The van der Waals surface area contributed by atoms with E-state index in [0.717, 1.165) is 25.8 Å². The van der Waals surface area contributed by atoms with Crippen molar-refractivity contribution in [1.29, 1.82) is 0 Å². The molecule has 0 aromatic rings. The van der Waals surface area contributed by atoms with Crippen molar-refractivity contribution in [3.63, 3.8) is 0 Å². The maximum atomic E-state index is 10.4. The first-order valence-corrected chi connectivity index (χ1v) is 18.1. The van der Waals surface area contributed by atoms with E-state index in [4.69, 9.17) is 15.5 Å². The molecule has 4 N–H and O–H groups in total. The van der Waals surface area contributed by atoms with Gasteiger partial charge in [-0.25, -0.2) is 4.57 Å². The summed E-state index contributed by atoms with van der Waals surface area (Å²) in [6.45, 7) is 5.55. The first-order chi connectivity index (χ1) is 18.5. The van der Waals surface area contributed by atoms with Gasteiger partial charge in [-0.3, -0.25) is 4.52 Å². The molecule has 38 heavy (non-hydrogen) atoms. The summed E-state index contributed by atoms with van der Waals surface area (Å²) in [6, 6.07) is 0. The van der Waals surface area contributed by atoms with E-state index in [1.807, 2.05) is 0 Å². The summed E-state index contributed by atoms with van der Waals surface area (Å²) in [5.74, 6) is 0. The maximum absolute atomic E-state index is 10.4. The molecular formula is C32H68NO4P. The molecule has 0 aromatic heterocycles. The summed E-state index contributed by atoms with van der Waals surface area (Å²) >= 11 is 0. The van der Waals surface area contributed by atoms with Crippen LogP contribution in [0.15, 0.2) is 12.2 Å². The summed E-state index contributed by atoms with van der Waals surface area (Å²) in [4.78, 5) is 17.0. The summed E-state index contributed by atoms with van der Waals surface area (Å²) in [7, 11) is -4.25. The van der Waals surface area contributed by atoms with Gasteiger partial charge in [0.15, 0.2) is 0 Å². The molecule has 0 aliphatic rings. The van der Waals surface area contributed by atoms with Crippen molar-refractivity contribution < 1.29 is 18.9 Å². The molecule has 0 aliphatic carbocycles. The Labute approximate surface area is 238 Å². The summed E-state index contributed by atoms with van der Waals surface area (Å²) in [6.07, 6.45) is 38.8. The smallest absolute Gasteiger partial charge is 0.330 e. The molecule has 0 heterocycles. The molecule has 0 atom stereocenters. The fraction of sp³-hybridized carbons (Fsp3) is 0.938. The molecule has 0 aromatic carbocycles. The first-order valence-electron chi connectivity index (χ1n) is 16.5. The number of nitrogens with two attached hydrogens (primary N) is 1. The summed E-state index contributed by atoms with van der Waals surface area (Å²) in [5, 5.41) is 0. The highest BCUT2D eigenvalue weighted by Crippen LogP contribution is 2.35. The third-order valence-electron chi connectivity index (χ3n) is 6.97. The average molecular weight is 562 g/mol. The molecule has 6 heteroatoms. The predicted molar refractivity (Wildman–Crippen MR) is 168 cm³/mol. The van der Waals surface area contributed by atoms with Crippen LogP contribution in [0.1, 0.15) is 181 Å². The lowest BCUT2D eigenvalue weighted by atomic mass is 10.1. The number of unbranched alkanes of at least 4 members (excludes halogenated alkanes) is 23. The van der Waals surface area contributed by atoms with Crippen LogP contribution in [-0.2, 0) is 9.09 Å². The number of phosphoric acid groups is 1. The topological polar surface area (TPSA) is 92.8 Å². The van der Waals surface area contributed by atoms with E-state index in [-0.39, 0.29) is 6.61 Å². The normalized spacial score (nSPS) is 11.7. The molecule has 0 bridgehead atoms. The van der Waals surface area contributed by atoms with Gasteiger partial charge in [-0.15, -0.1) is 0 Å². The average Bonchev–Trinajstić information content (AvgIpc) is 2.89. The van der Waals surface area contributed by atoms with Crippen LogP contribution in [0.4, 0.5) is 0 Å². The predicted octanol–water partition coefficient (Wildman–Crippen LogP) is 10.8. The van der Waals surface area contributed by atoms with Crippen molar-refractivity contribution >= 4 is 7.82 Å². The van der Waals surface area contributed by atoms with E-state index in [9.17, 15) is 4.57 Å². The van der Waals surface area contributed by atoms with Gasteiger partial charge in [0.25, 0.3) is 0 Å². The summed E-state index contributed by atoms with van der Waals surface area (Å²) < 4.78 is 14.8. The second kappa shape index (κ2) is 34.8. The van der Waals surface area contributed by atoms with Gasteiger partial charge in [0, 0.05) is 0 Å². The minimum atomic E-state index is -4.25. The number of rotatable bonds is 29. The fourth-order valence-electron chi connectivity index (χ4n) is 4.52. The van der Waals surface area contributed by atoms with E-state index in [1.54, 1.807) is 0 Å². The van der Waals surface area contributed by atoms with Crippen LogP contribution in [0.2, 0.25) is 0 Å². The van der Waals surface area contributed by atoms with Crippen LogP contribution in [0, 0.1) is 0 Å². The second-order valence-electron chi connectivity index (χ2n) is 10.9. The first kappa shape index (κ1) is 40.0. The van der Waals surface area contributed by atoms with Gasteiger partial charge in [0.05, 0.1) is 6.61 Å². The highest BCUT2D eigenvalue weighted by Gasteiger charge is 2.12. The lowest BCUT2D eigenvalue weighted by Gasteiger charge is -2.05. The minimum Gasteiger partial charge on any atom is -0.330 e. The van der Waals surface area contributed by atoms with Crippen LogP contribution in [0.25, 0.3) is 0 Å². The van der Waals surface area contributed by atoms with E-state index < -0.39 is 7.82 Å².